The molecule has 0 N–H and O–H groups in total. The van der Waals surface area contributed by atoms with Crippen LogP contribution >= 0.6 is 7.82 Å². The van der Waals surface area contributed by atoms with Crippen molar-refractivity contribution in [2.45, 2.75) is 73.1 Å². The van der Waals surface area contributed by atoms with E-state index in [1.165, 1.54) is 0 Å². The molecule has 8 nitrogen and oxygen atoms in total. The van der Waals surface area contributed by atoms with Gasteiger partial charge in [-0.15, -0.1) is 0 Å². The Labute approximate surface area is 170 Å². The fourth-order valence-corrected chi connectivity index (χ4v) is 2.36. The molecule has 0 rings (SSSR count). The molecule has 0 unspecified atom stereocenters. The smallest absolute Gasteiger partial charge is 0.550 e. The Balaban J connectivity index is -0.000000226. The number of phosphoric acid groups is 1. The predicted octanol–water partition coefficient (Wildman–Crippen LogP) is 2.05. The molecular weight excluding hydrogens is 417 g/mol. The third-order valence-electron chi connectivity index (χ3n) is 2.24. The van der Waals surface area contributed by atoms with Gasteiger partial charge in [0.05, 0.1) is 19.8 Å². The minimum absolute atomic E-state index is 0. The molecule has 0 radical (unpaired) electrons. The zero-order valence-corrected chi connectivity index (χ0v) is 20.6. The van der Waals surface area contributed by atoms with E-state index in [9.17, 15) is 4.57 Å². The minimum Gasteiger partial charge on any atom is -0.550 e. The monoisotopic (exact) mass is 448 g/mol. The summed E-state index contributed by atoms with van der Waals surface area (Å²) >= 11 is 0. The molecule has 0 aromatic heterocycles. The van der Waals surface area contributed by atoms with Crippen LogP contribution in [0.1, 0.15) is 73.1 Å². The molecular formula is C16H33O8PZn. The zero-order valence-electron chi connectivity index (χ0n) is 16.8. The summed E-state index contributed by atoms with van der Waals surface area (Å²) in [5.74, 6) is -2.17. The summed E-state index contributed by atoms with van der Waals surface area (Å²) < 4.78 is 28.0. The summed E-state index contributed by atoms with van der Waals surface area (Å²) in [6, 6.07) is 0. The molecule has 152 valence electrons. The molecule has 0 spiro atoms. The van der Waals surface area contributed by atoms with Crippen LogP contribution in [-0.4, -0.2) is 31.8 Å². The second-order valence-corrected chi connectivity index (χ2v) is 6.66. The molecule has 0 aliphatic rings. The Morgan fingerprint density at radius 2 is 0.923 bits per heavy atom. The maximum atomic E-state index is 12.2. The molecule has 0 aromatic rings. The first-order valence-electron chi connectivity index (χ1n) is 8.53. The quantitative estimate of drug-likeness (QED) is 0.252. The van der Waals surface area contributed by atoms with Crippen molar-refractivity contribution in [1.29, 1.82) is 0 Å². The third-order valence-corrected chi connectivity index (χ3v) is 3.74. The summed E-state index contributed by atoms with van der Waals surface area (Å²) in [4.78, 5) is 17.8. The Bertz CT molecular complexity index is 313. The average molecular weight is 450 g/mol. The molecule has 0 amide bonds. The predicted molar refractivity (Wildman–Crippen MR) is 91.5 cm³/mol. The van der Waals surface area contributed by atoms with Crippen molar-refractivity contribution in [2.75, 3.05) is 19.8 Å². The van der Waals surface area contributed by atoms with E-state index in [1.54, 1.807) is 0 Å². The Kier molecular flexibility index (Phi) is 31.6. The van der Waals surface area contributed by atoms with Crippen molar-refractivity contribution in [3.05, 3.63) is 0 Å². The van der Waals surface area contributed by atoms with Gasteiger partial charge in [0, 0.05) is 11.9 Å². The van der Waals surface area contributed by atoms with Gasteiger partial charge < -0.3 is 19.8 Å². The van der Waals surface area contributed by atoms with Gasteiger partial charge in [0.15, 0.2) is 0 Å². The van der Waals surface area contributed by atoms with Crippen LogP contribution in [0.2, 0.25) is 0 Å². The van der Waals surface area contributed by atoms with E-state index < -0.39 is 19.8 Å². The van der Waals surface area contributed by atoms with E-state index >= 15 is 0 Å². The fraction of sp³-hybridized carbons (Fsp3) is 0.875. The Morgan fingerprint density at radius 3 is 1.08 bits per heavy atom. The Hall–Kier alpha value is -0.327. The molecule has 0 saturated carbocycles. The summed E-state index contributed by atoms with van der Waals surface area (Å²) in [6.45, 7) is 9.43. The van der Waals surface area contributed by atoms with E-state index in [1.807, 2.05) is 0 Å². The zero-order chi connectivity index (χ0) is 20.1. The molecule has 0 saturated heterocycles. The summed E-state index contributed by atoms with van der Waals surface area (Å²) in [5, 5.41) is 17.8. The van der Waals surface area contributed by atoms with Gasteiger partial charge in [0.2, 0.25) is 0 Å². The SMILES string of the molecule is CC(=O)[O-].CC(=O)[O-].CCCCOP(=O)(OCCCC)OCCCC.[Zn+2]. The van der Waals surface area contributed by atoms with Gasteiger partial charge in [-0.1, -0.05) is 40.0 Å². The maximum absolute atomic E-state index is 12.2. The first-order chi connectivity index (χ1) is 11.6. The van der Waals surface area contributed by atoms with Gasteiger partial charge in [-0.3, -0.25) is 13.6 Å². The van der Waals surface area contributed by atoms with Crippen molar-refractivity contribution in [3.8, 4) is 0 Å². The number of carboxylic acids is 2. The van der Waals surface area contributed by atoms with Crippen LogP contribution in [0.3, 0.4) is 0 Å². The standard InChI is InChI=1S/C12H27O4P.2C2H4O2.Zn/c1-4-7-10-14-17(13,15-11-8-5-2)16-12-9-6-3;2*1-2(3)4;/h4-12H2,1-3H3;2*1H3,(H,3,4);/q;;;+2/p-2. The van der Waals surface area contributed by atoms with Gasteiger partial charge >= 0.3 is 27.3 Å². The van der Waals surface area contributed by atoms with E-state index in [0.717, 1.165) is 52.4 Å². The molecule has 26 heavy (non-hydrogen) atoms. The molecule has 10 heteroatoms. The van der Waals surface area contributed by atoms with Crippen LogP contribution in [0.4, 0.5) is 0 Å². The van der Waals surface area contributed by atoms with Gasteiger partial charge in [-0.25, -0.2) is 4.57 Å². The third kappa shape index (κ3) is 39.0. The first-order valence-corrected chi connectivity index (χ1v) is 9.99. The molecule has 0 aromatic carbocycles. The fourth-order valence-electron chi connectivity index (χ4n) is 1.07. The van der Waals surface area contributed by atoms with E-state index in [2.05, 4.69) is 20.8 Å². The van der Waals surface area contributed by atoms with Gasteiger partial charge in [0.25, 0.3) is 0 Å². The molecule has 0 atom stereocenters. The van der Waals surface area contributed by atoms with Crippen molar-refractivity contribution in [3.63, 3.8) is 0 Å². The normalized spacial score (nSPS) is 9.73. The Morgan fingerprint density at radius 1 is 0.731 bits per heavy atom. The number of carboxylic acid groups (broad SMARTS) is 2. The van der Waals surface area contributed by atoms with Crippen LogP contribution in [0.15, 0.2) is 0 Å². The number of carbonyl (C=O) groups is 2. The van der Waals surface area contributed by atoms with Gasteiger partial charge in [0.1, 0.15) is 0 Å². The molecule has 0 fully saturated rings. The van der Waals surface area contributed by atoms with Gasteiger partial charge in [-0.05, 0) is 33.1 Å². The summed E-state index contributed by atoms with van der Waals surface area (Å²) in [5.41, 5.74) is 0. The second-order valence-electron chi connectivity index (χ2n) is 4.99. The summed E-state index contributed by atoms with van der Waals surface area (Å²) in [6.07, 6.45) is 5.63. The van der Waals surface area contributed by atoms with Crippen LogP contribution in [0, 0.1) is 0 Å². The van der Waals surface area contributed by atoms with Crippen molar-refractivity contribution >= 4 is 19.8 Å². The number of carbonyl (C=O) groups excluding carboxylic acids is 2. The first kappa shape index (κ1) is 33.3. The van der Waals surface area contributed by atoms with Crippen LogP contribution in [0.25, 0.3) is 0 Å². The number of aliphatic carboxylic acids is 2. The number of phosphoric ester groups is 1. The molecule has 0 aliphatic heterocycles. The van der Waals surface area contributed by atoms with E-state index in [0.29, 0.717) is 19.8 Å². The largest absolute Gasteiger partial charge is 2.00 e. The van der Waals surface area contributed by atoms with Crippen molar-refractivity contribution in [2.24, 2.45) is 0 Å². The number of hydrogen-bond acceptors (Lipinski definition) is 8. The number of unbranched alkanes of at least 4 members (excludes halogenated alkanes) is 3. The maximum Gasteiger partial charge on any atom is 2.00 e. The van der Waals surface area contributed by atoms with E-state index in [-0.39, 0.29) is 19.5 Å². The number of hydrogen-bond donors (Lipinski definition) is 0. The van der Waals surface area contributed by atoms with Crippen molar-refractivity contribution < 1.29 is 57.4 Å². The van der Waals surface area contributed by atoms with E-state index in [4.69, 9.17) is 33.4 Å². The molecule has 0 heterocycles. The number of rotatable bonds is 12. The molecule has 0 aliphatic carbocycles. The average Bonchev–Trinajstić information content (AvgIpc) is 2.47. The minimum atomic E-state index is -3.31. The summed E-state index contributed by atoms with van der Waals surface area (Å²) in [7, 11) is -3.31. The van der Waals surface area contributed by atoms with Crippen LogP contribution < -0.4 is 10.2 Å². The van der Waals surface area contributed by atoms with Crippen molar-refractivity contribution in [1.82, 2.24) is 0 Å². The second kappa shape index (κ2) is 24.7. The van der Waals surface area contributed by atoms with Crippen LogP contribution in [-0.2, 0) is 47.2 Å². The van der Waals surface area contributed by atoms with Gasteiger partial charge in [-0.2, -0.15) is 0 Å². The topological polar surface area (TPSA) is 125 Å². The molecule has 0 bridgehead atoms. The van der Waals surface area contributed by atoms with Crippen LogP contribution in [0.5, 0.6) is 0 Å².